The van der Waals surface area contributed by atoms with Crippen LogP contribution in [0.3, 0.4) is 0 Å². The van der Waals surface area contributed by atoms with E-state index < -0.39 is 35.8 Å². The third-order valence-electron chi connectivity index (χ3n) is 2.94. The molecule has 1 aliphatic rings. The van der Waals surface area contributed by atoms with Crippen LogP contribution in [0.1, 0.15) is 6.23 Å². The van der Waals surface area contributed by atoms with Crippen LogP contribution in [-0.4, -0.2) is 46.6 Å². The summed E-state index contributed by atoms with van der Waals surface area (Å²) in [5.41, 5.74) is 4.33. The smallest absolute Gasteiger partial charge is 0.330 e. The first kappa shape index (κ1) is 13.0. The second-order valence-electron chi connectivity index (χ2n) is 4.01. The van der Waals surface area contributed by atoms with Gasteiger partial charge >= 0.3 is 5.69 Å². The van der Waals surface area contributed by atoms with Gasteiger partial charge in [-0.3, -0.25) is 14.3 Å². The first-order valence-electron chi connectivity index (χ1n) is 5.46. The largest absolute Gasteiger partial charge is 0.387 e. The molecule has 1 aliphatic heterocycles. The van der Waals surface area contributed by atoms with Crippen molar-refractivity contribution in [3.63, 3.8) is 0 Å². The zero-order valence-electron chi connectivity index (χ0n) is 9.78. The molecule has 0 saturated carbocycles. The van der Waals surface area contributed by atoms with Crippen LogP contribution in [-0.2, 0) is 9.47 Å². The number of nitrogens with two attached hydrogens (primary N) is 1. The molecule has 0 amide bonds. The van der Waals surface area contributed by atoms with Crippen molar-refractivity contribution in [1.82, 2.24) is 9.55 Å². The van der Waals surface area contributed by atoms with Crippen LogP contribution in [0.15, 0.2) is 21.9 Å². The van der Waals surface area contributed by atoms with Crippen LogP contribution >= 0.6 is 0 Å². The van der Waals surface area contributed by atoms with Crippen molar-refractivity contribution in [2.24, 2.45) is 5.73 Å². The molecule has 0 spiro atoms. The summed E-state index contributed by atoms with van der Waals surface area (Å²) >= 11 is 0. The van der Waals surface area contributed by atoms with Gasteiger partial charge in [0.05, 0.1) is 0 Å². The van der Waals surface area contributed by atoms with E-state index in [-0.39, 0.29) is 6.54 Å². The van der Waals surface area contributed by atoms with Crippen molar-refractivity contribution in [1.29, 1.82) is 0 Å². The van der Waals surface area contributed by atoms with Gasteiger partial charge in [0, 0.05) is 25.9 Å². The van der Waals surface area contributed by atoms with Crippen LogP contribution in [0, 0.1) is 0 Å². The van der Waals surface area contributed by atoms with E-state index in [1.165, 1.54) is 19.4 Å². The number of aliphatic hydroxyl groups excluding tert-OH is 1. The van der Waals surface area contributed by atoms with Crippen molar-refractivity contribution in [3.8, 4) is 0 Å². The molecule has 100 valence electrons. The molecule has 1 aromatic heterocycles. The van der Waals surface area contributed by atoms with Gasteiger partial charge in [-0.15, -0.1) is 0 Å². The molecule has 0 bridgehead atoms. The summed E-state index contributed by atoms with van der Waals surface area (Å²) in [5.74, 6) is 0. The first-order valence-corrected chi connectivity index (χ1v) is 5.46. The second-order valence-corrected chi connectivity index (χ2v) is 4.01. The molecule has 0 aliphatic carbocycles. The zero-order valence-corrected chi connectivity index (χ0v) is 9.78. The van der Waals surface area contributed by atoms with Gasteiger partial charge in [-0.1, -0.05) is 0 Å². The first-order chi connectivity index (χ1) is 8.58. The van der Waals surface area contributed by atoms with E-state index in [4.69, 9.17) is 15.2 Å². The minimum Gasteiger partial charge on any atom is -0.387 e. The number of methoxy groups -OCH3 is 1. The van der Waals surface area contributed by atoms with E-state index in [9.17, 15) is 14.7 Å². The fraction of sp³-hybridized carbons (Fsp3) is 0.600. The Morgan fingerprint density at radius 1 is 1.61 bits per heavy atom. The minimum atomic E-state index is -0.927. The van der Waals surface area contributed by atoms with E-state index in [0.29, 0.717) is 0 Å². The lowest BCUT2D eigenvalue weighted by Gasteiger charge is -2.19. The highest BCUT2D eigenvalue weighted by Gasteiger charge is 2.44. The van der Waals surface area contributed by atoms with E-state index in [1.807, 2.05) is 0 Å². The molecule has 8 heteroatoms. The Balaban J connectivity index is 2.38. The third-order valence-corrected chi connectivity index (χ3v) is 2.94. The molecule has 1 fully saturated rings. The number of aromatic amines is 1. The number of nitrogens with one attached hydrogen (secondary N) is 1. The number of aliphatic hydroxyl groups is 1. The summed E-state index contributed by atoms with van der Waals surface area (Å²) < 4.78 is 11.8. The van der Waals surface area contributed by atoms with Crippen LogP contribution < -0.4 is 17.0 Å². The summed E-state index contributed by atoms with van der Waals surface area (Å²) in [6.07, 6.45) is -1.78. The van der Waals surface area contributed by atoms with E-state index >= 15 is 0 Å². The molecule has 2 unspecified atom stereocenters. The Bertz CT molecular complexity index is 525. The van der Waals surface area contributed by atoms with Crippen LogP contribution in [0.25, 0.3) is 0 Å². The topological polar surface area (TPSA) is 120 Å². The van der Waals surface area contributed by atoms with Crippen LogP contribution in [0.5, 0.6) is 0 Å². The van der Waals surface area contributed by atoms with Crippen molar-refractivity contribution in [2.45, 2.75) is 24.5 Å². The van der Waals surface area contributed by atoms with Crippen LogP contribution in [0.4, 0.5) is 0 Å². The van der Waals surface area contributed by atoms with Crippen molar-refractivity contribution in [3.05, 3.63) is 33.1 Å². The van der Waals surface area contributed by atoms with Gasteiger partial charge in [0.1, 0.15) is 18.3 Å². The standard InChI is InChI=1S/C10H15N3O5/c1-17-8-7(15)5(4-11)18-9(8)13-3-2-6(14)12-10(13)16/h2-3,5,7-9,15H,4,11H2,1H3,(H,12,14,16)/t5?,7-,8?,9+/m0/s1. The summed E-state index contributed by atoms with van der Waals surface area (Å²) in [4.78, 5) is 24.7. The van der Waals surface area contributed by atoms with Gasteiger partial charge in [0.25, 0.3) is 5.56 Å². The maximum Gasteiger partial charge on any atom is 0.330 e. The van der Waals surface area contributed by atoms with Gasteiger partial charge in [0.15, 0.2) is 6.23 Å². The molecule has 0 radical (unpaired) electrons. The number of hydrogen-bond donors (Lipinski definition) is 3. The lowest BCUT2D eigenvalue weighted by Crippen LogP contribution is -2.39. The number of ether oxygens (including phenoxy) is 2. The third kappa shape index (κ3) is 2.10. The second kappa shape index (κ2) is 5.02. The van der Waals surface area contributed by atoms with Crippen LogP contribution in [0.2, 0.25) is 0 Å². The number of nitrogens with zero attached hydrogens (tertiary/aromatic N) is 1. The molecule has 8 nitrogen and oxygen atoms in total. The van der Waals surface area contributed by atoms with Gasteiger partial charge in [0.2, 0.25) is 0 Å². The molecule has 18 heavy (non-hydrogen) atoms. The van der Waals surface area contributed by atoms with Crippen molar-refractivity contribution < 1.29 is 14.6 Å². The monoisotopic (exact) mass is 257 g/mol. The zero-order chi connectivity index (χ0) is 13.3. The molecule has 4 atom stereocenters. The summed E-state index contributed by atoms with van der Waals surface area (Å²) in [6, 6.07) is 1.19. The SMILES string of the molecule is COC1[C@@H](O)C(CN)O[C@H]1n1ccc(=O)[nH]c1=O. The Morgan fingerprint density at radius 2 is 2.33 bits per heavy atom. The Kier molecular flexibility index (Phi) is 3.62. The summed E-state index contributed by atoms with van der Waals surface area (Å²) in [7, 11) is 1.40. The molecule has 4 N–H and O–H groups in total. The van der Waals surface area contributed by atoms with Gasteiger partial charge < -0.3 is 20.3 Å². The van der Waals surface area contributed by atoms with Gasteiger partial charge in [-0.05, 0) is 0 Å². The summed E-state index contributed by atoms with van der Waals surface area (Å²) in [5, 5.41) is 9.91. The minimum absolute atomic E-state index is 0.107. The quantitative estimate of drug-likeness (QED) is 0.563. The van der Waals surface area contributed by atoms with Crippen molar-refractivity contribution in [2.75, 3.05) is 13.7 Å². The number of hydrogen-bond acceptors (Lipinski definition) is 6. The van der Waals surface area contributed by atoms with Gasteiger partial charge in [-0.25, -0.2) is 4.79 Å². The molecule has 2 rings (SSSR count). The number of rotatable bonds is 3. The predicted molar refractivity (Wildman–Crippen MR) is 61.1 cm³/mol. The van der Waals surface area contributed by atoms with Crippen molar-refractivity contribution >= 4 is 0 Å². The highest BCUT2D eigenvalue weighted by atomic mass is 16.6. The van der Waals surface area contributed by atoms with E-state index in [0.717, 1.165) is 4.57 Å². The normalized spacial score (nSPS) is 31.7. The molecule has 1 saturated heterocycles. The Labute approximate surface area is 102 Å². The molecule has 1 aromatic rings. The lowest BCUT2D eigenvalue weighted by molar-refractivity contribution is -0.0526. The molecular weight excluding hydrogens is 242 g/mol. The Morgan fingerprint density at radius 3 is 2.89 bits per heavy atom. The molecule has 2 heterocycles. The predicted octanol–water partition coefficient (Wildman–Crippen LogP) is -2.23. The highest BCUT2D eigenvalue weighted by molar-refractivity contribution is 4.94. The van der Waals surface area contributed by atoms with Gasteiger partial charge in [-0.2, -0.15) is 0 Å². The Hall–Kier alpha value is -1.48. The highest BCUT2D eigenvalue weighted by Crippen LogP contribution is 2.29. The van der Waals surface area contributed by atoms with E-state index in [1.54, 1.807) is 0 Å². The van der Waals surface area contributed by atoms with E-state index in [2.05, 4.69) is 4.98 Å². The fourth-order valence-electron chi connectivity index (χ4n) is 2.02. The molecule has 0 aromatic carbocycles. The fourth-order valence-corrected chi connectivity index (χ4v) is 2.02. The molecular formula is C10H15N3O5. The number of aromatic nitrogens is 2. The average Bonchev–Trinajstić information content (AvgIpc) is 2.65. The maximum atomic E-state index is 11.6. The average molecular weight is 257 g/mol. The lowest BCUT2D eigenvalue weighted by atomic mass is 10.1. The maximum absolute atomic E-state index is 11.6. The summed E-state index contributed by atoms with van der Waals surface area (Å²) in [6.45, 7) is 0.107. The number of H-pyrrole nitrogens is 1.